The summed E-state index contributed by atoms with van der Waals surface area (Å²) in [5.41, 5.74) is 0.281. The van der Waals surface area contributed by atoms with E-state index in [-0.39, 0.29) is 23.5 Å². The van der Waals surface area contributed by atoms with E-state index in [2.05, 4.69) is 19.2 Å². The number of amides is 2. The molecule has 3 fully saturated rings. The minimum absolute atomic E-state index is 0.0147. The fourth-order valence-electron chi connectivity index (χ4n) is 7.69. The van der Waals surface area contributed by atoms with E-state index in [1.54, 1.807) is 23.1 Å². The van der Waals surface area contributed by atoms with E-state index >= 15 is 0 Å². The van der Waals surface area contributed by atoms with Gasteiger partial charge in [-0.1, -0.05) is 85.8 Å². The molecule has 2 bridgehead atoms. The molecule has 2 aromatic carbocycles. The smallest absolute Gasteiger partial charge is 0.231 e. The molecule has 3 heterocycles. The highest BCUT2D eigenvalue weighted by molar-refractivity contribution is 6.35. The fourth-order valence-corrected chi connectivity index (χ4v) is 8.34. The summed E-state index contributed by atoms with van der Waals surface area (Å²) in [6.45, 7) is 4.83. The van der Waals surface area contributed by atoms with Gasteiger partial charge in [0, 0.05) is 33.7 Å². The first-order chi connectivity index (χ1) is 20.1. The first-order valence-corrected chi connectivity index (χ1v) is 15.9. The van der Waals surface area contributed by atoms with Crippen LogP contribution in [0.15, 0.2) is 54.6 Å². The van der Waals surface area contributed by atoms with E-state index in [0.29, 0.717) is 52.0 Å². The van der Waals surface area contributed by atoms with Crippen molar-refractivity contribution in [1.29, 1.82) is 0 Å². The molecule has 0 radical (unpaired) electrons. The van der Waals surface area contributed by atoms with Crippen molar-refractivity contribution in [1.82, 2.24) is 4.90 Å². The molecule has 8 atom stereocenters. The molecular weight excluding hydrogens is 595 g/mol. The zero-order valence-electron chi connectivity index (χ0n) is 23.7. The molecule has 222 valence electrons. The van der Waals surface area contributed by atoms with Crippen molar-refractivity contribution < 1.29 is 19.1 Å². The Bertz CT molecular complexity index is 1410. The van der Waals surface area contributed by atoms with Gasteiger partial charge >= 0.3 is 0 Å². The molecule has 42 heavy (non-hydrogen) atoms. The standard InChI is InChI=1S/C33H35Cl3N2O4/c1-18-4-3-5-21(19(18)2)14-26(39)30-33-12-10-27(42-33)28(31(40)37-25-16-23(35)15-24(36)17-25)29(33)32(41)38(30)13-11-20-6-8-22(34)9-7-20/h6-10,12,15-19,21,27-30H,3-5,11,13-14H2,1-2H3,(H,37,40). The summed E-state index contributed by atoms with van der Waals surface area (Å²) in [7, 11) is 0. The fraction of sp³-hybridized carbons (Fsp3) is 0.485. The molecule has 2 saturated heterocycles. The SMILES string of the molecule is CC1CCCC(CC(=O)C2N(CCc3ccc(Cl)cc3)C(=O)C3C(C(=O)Nc4cc(Cl)cc(Cl)c4)C4C=CC32O4)C1C. The second kappa shape index (κ2) is 11.6. The first kappa shape index (κ1) is 29.7. The number of benzene rings is 2. The van der Waals surface area contributed by atoms with Crippen LogP contribution in [-0.2, 0) is 25.5 Å². The van der Waals surface area contributed by atoms with Gasteiger partial charge in [0.15, 0.2) is 5.78 Å². The number of nitrogens with one attached hydrogen (secondary N) is 1. The number of nitrogens with zero attached hydrogens (tertiary/aromatic N) is 1. The van der Waals surface area contributed by atoms with Crippen LogP contribution in [0.5, 0.6) is 0 Å². The van der Waals surface area contributed by atoms with Gasteiger partial charge in [-0.3, -0.25) is 14.4 Å². The number of Topliss-reactive ketones (excluding diaryl/α,β-unsaturated/α-hetero) is 1. The summed E-state index contributed by atoms with van der Waals surface area (Å²) in [6, 6.07) is 11.5. The second-order valence-electron chi connectivity index (χ2n) is 12.5. The first-order valence-electron chi connectivity index (χ1n) is 14.8. The van der Waals surface area contributed by atoms with Gasteiger partial charge in [-0.2, -0.15) is 0 Å². The average Bonchev–Trinajstić information content (AvgIpc) is 3.57. The zero-order chi connectivity index (χ0) is 29.8. The van der Waals surface area contributed by atoms with E-state index < -0.39 is 29.6 Å². The number of hydrogen-bond donors (Lipinski definition) is 1. The minimum Gasteiger partial charge on any atom is -0.359 e. The molecule has 9 heteroatoms. The Balaban J connectivity index is 1.30. The van der Waals surface area contributed by atoms with Crippen LogP contribution in [0.2, 0.25) is 15.1 Å². The van der Waals surface area contributed by atoms with Crippen molar-refractivity contribution >= 4 is 58.1 Å². The van der Waals surface area contributed by atoms with Crippen LogP contribution in [0.4, 0.5) is 5.69 Å². The monoisotopic (exact) mass is 628 g/mol. The summed E-state index contributed by atoms with van der Waals surface area (Å²) in [4.78, 5) is 44.0. The topological polar surface area (TPSA) is 75.7 Å². The van der Waals surface area contributed by atoms with Crippen LogP contribution in [0, 0.1) is 29.6 Å². The van der Waals surface area contributed by atoms with Gasteiger partial charge in [0.1, 0.15) is 11.6 Å². The van der Waals surface area contributed by atoms with Crippen LogP contribution in [-0.4, -0.2) is 46.8 Å². The Morgan fingerprint density at radius 1 is 1.02 bits per heavy atom. The number of carbonyl (C=O) groups excluding carboxylic acids is 3. The molecule has 1 saturated carbocycles. The van der Waals surface area contributed by atoms with Crippen LogP contribution >= 0.6 is 34.8 Å². The maximum Gasteiger partial charge on any atom is 0.231 e. The molecule has 2 aromatic rings. The van der Waals surface area contributed by atoms with Gasteiger partial charge < -0.3 is 15.0 Å². The van der Waals surface area contributed by atoms with E-state index in [0.717, 1.165) is 18.4 Å². The average molecular weight is 630 g/mol. The summed E-state index contributed by atoms with van der Waals surface area (Å²) < 4.78 is 6.52. The van der Waals surface area contributed by atoms with Crippen LogP contribution in [0.1, 0.15) is 45.1 Å². The van der Waals surface area contributed by atoms with E-state index in [9.17, 15) is 14.4 Å². The third-order valence-corrected chi connectivity index (χ3v) is 10.7. The third-order valence-electron chi connectivity index (χ3n) is 10.0. The van der Waals surface area contributed by atoms with E-state index in [1.165, 1.54) is 6.42 Å². The van der Waals surface area contributed by atoms with E-state index in [1.807, 2.05) is 36.4 Å². The Hall–Kier alpha value is -2.38. The highest BCUT2D eigenvalue weighted by Crippen LogP contribution is 2.56. The predicted molar refractivity (Wildman–Crippen MR) is 165 cm³/mol. The number of fused-ring (bicyclic) bond motifs is 1. The molecule has 3 aliphatic heterocycles. The van der Waals surface area contributed by atoms with Crippen LogP contribution in [0.25, 0.3) is 0 Å². The third kappa shape index (κ3) is 5.29. The largest absolute Gasteiger partial charge is 0.359 e. The van der Waals surface area contributed by atoms with Gasteiger partial charge in [0.25, 0.3) is 0 Å². The molecule has 6 nitrogen and oxygen atoms in total. The Morgan fingerprint density at radius 2 is 1.74 bits per heavy atom. The summed E-state index contributed by atoms with van der Waals surface area (Å²) in [5, 5.41) is 4.31. The highest BCUT2D eigenvalue weighted by atomic mass is 35.5. The molecular formula is C33H35Cl3N2O4. The lowest BCUT2D eigenvalue weighted by Gasteiger charge is -2.37. The number of carbonyl (C=O) groups is 3. The van der Waals surface area contributed by atoms with Crippen molar-refractivity contribution in [3.63, 3.8) is 0 Å². The number of ether oxygens (including phenoxy) is 1. The number of anilines is 1. The van der Waals surface area contributed by atoms with Crippen molar-refractivity contribution in [2.45, 2.75) is 63.7 Å². The lowest BCUT2D eigenvalue weighted by atomic mass is 9.69. The predicted octanol–water partition coefficient (Wildman–Crippen LogP) is 7.01. The second-order valence-corrected chi connectivity index (χ2v) is 13.8. The van der Waals surface area contributed by atoms with Crippen molar-refractivity contribution in [2.24, 2.45) is 29.6 Å². The Labute approximate surface area is 261 Å². The Kier molecular flexibility index (Phi) is 8.20. The summed E-state index contributed by atoms with van der Waals surface area (Å²) in [5.74, 6) is -0.907. The van der Waals surface area contributed by atoms with Crippen LogP contribution < -0.4 is 5.32 Å². The lowest BCUT2D eigenvalue weighted by Crippen LogP contribution is -2.51. The van der Waals surface area contributed by atoms with E-state index in [4.69, 9.17) is 39.5 Å². The number of halogens is 3. The molecule has 1 spiro atoms. The number of likely N-dealkylation sites (tertiary alicyclic amines) is 1. The summed E-state index contributed by atoms with van der Waals surface area (Å²) in [6.07, 6.45) is 7.35. The maximum atomic E-state index is 14.3. The van der Waals surface area contributed by atoms with Gasteiger partial charge in [0.2, 0.25) is 11.8 Å². The molecule has 4 aliphatic rings. The zero-order valence-corrected chi connectivity index (χ0v) is 26.0. The highest BCUT2D eigenvalue weighted by Gasteiger charge is 2.72. The molecule has 8 unspecified atom stereocenters. The Morgan fingerprint density at radius 3 is 2.45 bits per heavy atom. The van der Waals surface area contributed by atoms with Crippen molar-refractivity contribution in [3.8, 4) is 0 Å². The van der Waals surface area contributed by atoms with Gasteiger partial charge in [-0.15, -0.1) is 0 Å². The maximum absolute atomic E-state index is 14.3. The molecule has 6 rings (SSSR count). The molecule has 0 aromatic heterocycles. The number of ketones is 1. The normalized spacial score (nSPS) is 33.2. The van der Waals surface area contributed by atoms with Crippen LogP contribution in [0.3, 0.4) is 0 Å². The van der Waals surface area contributed by atoms with Gasteiger partial charge in [0.05, 0.1) is 17.9 Å². The van der Waals surface area contributed by atoms with Crippen molar-refractivity contribution in [3.05, 3.63) is 75.2 Å². The molecule has 1 aliphatic carbocycles. The number of hydrogen-bond acceptors (Lipinski definition) is 4. The number of rotatable bonds is 8. The van der Waals surface area contributed by atoms with Gasteiger partial charge in [-0.25, -0.2) is 0 Å². The lowest BCUT2D eigenvalue weighted by molar-refractivity contribution is -0.140. The minimum atomic E-state index is -1.17. The molecule has 2 amide bonds. The quantitative estimate of drug-likeness (QED) is 0.319. The summed E-state index contributed by atoms with van der Waals surface area (Å²) >= 11 is 18.4. The van der Waals surface area contributed by atoms with Gasteiger partial charge in [-0.05, 0) is 66.5 Å². The molecule has 1 N–H and O–H groups in total. The van der Waals surface area contributed by atoms with Crippen molar-refractivity contribution in [2.75, 3.05) is 11.9 Å².